The summed E-state index contributed by atoms with van der Waals surface area (Å²) in [7, 11) is 0. The van der Waals surface area contributed by atoms with Crippen molar-refractivity contribution in [1.29, 1.82) is 0 Å². The molecule has 0 bridgehead atoms. The molecule has 2 rings (SSSR count). The van der Waals surface area contributed by atoms with Gasteiger partial charge in [0.1, 0.15) is 0 Å². The Morgan fingerprint density at radius 2 is 0.780 bits per heavy atom. The van der Waals surface area contributed by atoms with Gasteiger partial charge in [-0.2, -0.15) is 0 Å². The predicted molar refractivity (Wildman–Crippen MR) is 210 cm³/mol. The first kappa shape index (κ1) is 45.0. The van der Waals surface area contributed by atoms with E-state index in [-0.39, 0.29) is 33.8 Å². The van der Waals surface area contributed by atoms with E-state index in [1.165, 1.54) is 89.9 Å². The predicted octanol–water partition coefficient (Wildman–Crippen LogP) is 12.8. The van der Waals surface area contributed by atoms with Crippen molar-refractivity contribution < 1.29 is 19.3 Å². The van der Waals surface area contributed by atoms with Crippen LogP contribution in [-0.2, 0) is 19.3 Å². The lowest BCUT2D eigenvalue weighted by Crippen LogP contribution is -2.61. The minimum atomic E-state index is -0.190. The molecule has 2 saturated heterocycles. The Labute approximate surface area is 310 Å². The van der Waals surface area contributed by atoms with Gasteiger partial charge in [-0.15, -0.1) is 10.1 Å². The van der Waals surface area contributed by atoms with Gasteiger partial charge in [0.25, 0.3) is 0 Å². The van der Waals surface area contributed by atoms with Crippen molar-refractivity contribution in [3.05, 3.63) is 0 Å². The van der Waals surface area contributed by atoms with Crippen LogP contribution in [-0.4, -0.2) is 46.2 Å². The van der Waals surface area contributed by atoms with Gasteiger partial charge in [0.05, 0.1) is 11.1 Å². The smallest absolute Gasteiger partial charge is 0.325 e. The van der Waals surface area contributed by atoms with Crippen LogP contribution in [0.4, 0.5) is 0 Å². The highest BCUT2D eigenvalue weighted by atomic mass is 16.7. The summed E-state index contributed by atoms with van der Waals surface area (Å²) in [5.74, 6) is 1.14. The summed E-state index contributed by atoms with van der Waals surface area (Å²) in [4.78, 5) is 37.7. The summed E-state index contributed by atoms with van der Waals surface area (Å²) in [6.07, 6.45) is 27.7. The fourth-order valence-electron chi connectivity index (χ4n) is 8.72. The number of nitrogens with zero attached hydrogens (tertiary/aromatic N) is 2. The van der Waals surface area contributed by atoms with Gasteiger partial charge in [-0.05, 0) is 88.9 Å². The zero-order valence-corrected chi connectivity index (χ0v) is 35.1. The van der Waals surface area contributed by atoms with E-state index in [4.69, 9.17) is 9.68 Å². The molecule has 0 aromatic heterocycles. The standard InChI is InChI=1S/C44H84N2O4/c1-11-13-15-17-21-25-29-37-33-35-45(43(7,8)41(37,3)4)49-39(47)31-27-23-19-20-24-28-32-40(48)50-46-36-34-38(42(5,6)44(46,9)10)30-26-22-18-16-14-12-2/h37-38H,11-36H2,1-10H3. The minimum absolute atomic E-state index is 0.0813. The van der Waals surface area contributed by atoms with Crippen LogP contribution in [0.3, 0.4) is 0 Å². The lowest BCUT2D eigenvalue weighted by molar-refractivity contribution is -0.258. The van der Waals surface area contributed by atoms with E-state index >= 15 is 0 Å². The molecule has 2 unspecified atom stereocenters. The van der Waals surface area contributed by atoms with Crippen molar-refractivity contribution >= 4 is 11.9 Å². The highest BCUT2D eigenvalue weighted by Crippen LogP contribution is 2.50. The Balaban J connectivity index is 1.60. The maximum Gasteiger partial charge on any atom is 0.325 e. The SMILES string of the molecule is CCCCCCCCC1CCN(OC(=O)CCCCCCCCC(=O)ON2CCC(CCCCCCCC)C(C)(C)C2(C)C)C(C)(C)C1(C)C. The van der Waals surface area contributed by atoms with E-state index in [1.54, 1.807) is 0 Å². The molecule has 0 N–H and O–H groups in total. The van der Waals surface area contributed by atoms with E-state index in [0.717, 1.165) is 64.5 Å². The number of carbonyl (C=O) groups is 2. The van der Waals surface area contributed by atoms with Gasteiger partial charge in [0.15, 0.2) is 0 Å². The second-order valence-electron chi connectivity index (χ2n) is 18.4. The van der Waals surface area contributed by atoms with Gasteiger partial charge in [-0.25, -0.2) is 0 Å². The van der Waals surface area contributed by atoms with Gasteiger partial charge in [-0.3, -0.25) is 9.59 Å². The number of hydrogen-bond donors (Lipinski definition) is 0. The van der Waals surface area contributed by atoms with Crippen LogP contribution in [0.2, 0.25) is 0 Å². The lowest BCUT2D eigenvalue weighted by Gasteiger charge is -2.55. The van der Waals surface area contributed by atoms with E-state index in [1.807, 2.05) is 10.1 Å². The lowest BCUT2D eigenvalue weighted by atomic mass is 9.61. The normalized spacial score (nSPS) is 23.1. The van der Waals surface area contributed by atoms with Crippen LogP contribution < -0.4 is 0 Å². The highest BCUT2D eigenvalue weighted by Gasteiger charge is 2.52. The molecule has 294 valence electrons. The number of rotatable bonds is 25. The molecule has 6 nitrogen and oxygen atoms in total. The fourth-order valence-corrected chi connectivity index (χ4v) is 8.72. The zero-order valence-electron chi connectivity index (χ0n) is 35.1. The molecule has 0 radical (unpaired) electrons. The topological polar surface area (TPSA) is 59.1 Å². The molecule has 0 spiro atoms. The van der Waals surface area contributed by atoms with Gasteiger partial charge in [0.2, 0.25) is 0 Å². The molecule has 0 aromatic rings. The van der Waals surface area contributed by atoms with E-state index < -0.39 is 0 Å². The van der Waals surface area contributed by atoms with Gasteiger partial charge in [0, 0.05) is 25.9 Å². The third-order valence-electron chi connectivity index (χ3n) is 14.1. The maximum absolute atomic E-state index is 12.8. The first-order valence-corrected chi connectivity index (χ1v) is 21.6. The molecule has 2 fully saturated rings. The average Bonchev–Trinajstić information content (AvgIpc) is 3.05. The Kier molecular flexibility index (Phi) is 20.0. The Hall–Kier alpha value is -1.14. The molecule has 2 heterocycles. The van der Waals surface area contributed by atoms with Crippen LogP contribution >= 0.6 is 0 Å². The van der Waals surface area contributed by atoms with Crippen LogP contribution in [0.1, 0.15) is 223 Å². The summed E-state index contributed by atoms with van der Waals surface area (Å²) in [5.41, 5.74) is -0.217. The molecule has 0 amide bonds. The molecule has 2 atom stereocenters. The zero-order chi connectivity index (χ0) is 37.3. The van der Waals surface area contributed by atoms with Crippen molar-refractivity contribution in [3.63, 3.8) is 0 Å². The Morgan fingerprint density at radius 1 is 0.480 bits per heavy atom. The second-order valence-corrected chi connectivity index (χ2v) is 18.4. The Morgan fingerprint density at radius 3 is 1.12 bits per heavy atom. The van der Waals surface area contributed by atoms with Gasteiger partial charge in [-0.1, -0.05) is 144 Å². The summed E-state index contributed by atoms with van der Waals surface area (Å²) < 4.78 is 0. The van der Waals surface area contributed by atoms with Crippen LogP contribution in [0, 0.1) is 22.7 Å². The quantitative estimate of drug-likeness (QED) is 0.0882. The largest absolute Gasteiger partial charge is 0.367 e. The number of hydroxylamine groups is 4. The third kappa shape index (κ3) is 13.4. The highest BCUT2D eigenvalue weighted by molar-refractivity contribution is 5.69. The first-order chi connectivity index (χ1) is 23.6. The van der Waals surface area contributed by atoms with Crippen molar-refractivity contribution in [3.8, 4) is 0 Å². The average molecular weight is 705 g/mol. The van der Waals surface area contributed by atoms with Crippen LogP contribution in [0.25, 0.3) is 0 Å². The Bertz CT molecular complexity index is 882. The summed E-state index contributed by atoms with van der Waals surface area (Å²) >= 11 is 0. The van der Waals surface area contributed by atoms with Crippen molar-refractivity contribution in [1.82, 2.24) is 10.1 Å². The summed E-state index contributed by atoms with van der Waals surface area (Å²) in [6, 6.07) is 0. The molecule has 0 aliphatic carbocycles. The van der Waals surface area contributed by atoms with Crippen LogP contribution in [0.5, 0.6) is 0 Å². The van der Waals surface area contributed by atoms with E-state index in [2.05, 4.69) is 69.2 Å². The van der Waals surface area contributed by atoms with Crippen molar-refractivity contribution in [2.75, 3.05) is 13.1 Å². The van der Waals surface area contributed by atoms with E-state index in [0.29, 0.717) is 24.7 Å². The monoisotopic (exact) mass is 705 g/mol. The molecule has 2 aliphatic heterocycles. The molecular weight excluding hydrogens is 620 g/mol. The van der Waals surface area contributed by atoms with Crippen LogP contribution in [0.15, 0.2) is 0 Å². The number of hydrogen-bond acceptors (Lipinski definition) is 6. The van der Waals surface area contributed by atoms with Gasteiger partial charge < -0.3 is 9.68 Å². The number of piperidine rings is 2. The summed E-state index contributed by atoms with van der Waals surface area (Å²) in [5, 5.41) is 3.99. The molecule has 0 saturated carbocycles. The molecule has 6 heteroatoms. The third-order valence-corrected chi connectivity index (χ3v) is 14.1. The first-order valence-electron chi connectivity index (χ1n) is 21.6. The maximum atomic E-state index is 12.8. The van der Waals surface area contributed by atoms with Crippen molar-refractivity contribution in [2.45, 2.75) is 234 Å². The number of carbonyl (C=O) groups excluding carboxylic acids is 2. The summed E-state index contributed by atoms with van der Waals surface area (Å²) in [6.45, 7) is 24.7. The van der Waals surface area contributed by atoms with E-state index in [9.17, 15) is 9.59 Å². The minimum Gasteiger partial charge on any atom is -0.367 e. The molecule has 50 heavy (non-hydrogen) atoms. The molecule has 0 aromatic carbocycles. The van der Waals surface area contributed by atoms with Gasteiger partial charge >= 0.3 is 11.9 Å². The molecule has 2 aliphatic rings. The molecular formula is C44H84N2O4. The fraction of sp³-hybridized carbons (Fsp3) is 0.955. The second kappa shape index (κ2) is 22.2. The van der Waals surface area contributed by atoms with Crippen molar-refractivity contribution in [2.24, 2.45) is 22.7 Å². The number of unbranched alkanes of at least 4 members (excludes halogenated alkanes) is 15.